The molecule has 16 heteroatoms. The fourth-order valence-corrected chi connectivity index (χ4v) is 9.24. The second-order valence-corrected chi connectivity index (χ2v) is 17.8. The van der Waals surface area contributed by atoms with Crippen molar-refractivity contribution < 1.29 is 46.3 Å². The van der Waals surface area contributed by atoms with Crippen LogP contribution in [0.4, 0.5) is 14.0 Å². The number of allylic oxidation sites excluding steroid dienone is 1. The molecule has 3 fully saturated rings. The van der Waals surface area contributed by atoms with Crippen LogP contribution in [0.2, 0.25) is 0 Å². The lowest BCUT2D eigenvalue weighted by atomic mass is 10.0. The molecule has 5 amide bonds. The molecule has 4 heterocycles. The Labute approximate surface area is 303 Å². The number of alkyl carbamates (subject to hydrolysis) is 1. The maximum absolute atomic E-state index is 14.4. The number of fused-ring (bicyclic) bond motifs is 3. The lowest BCUT2D eigenvalue weighted by molar-refractivity contribution is -0.141. The van der Waals surface area contributed by atoms with Gasteiger partial charge in [0.25, 0.3) is 0 Å². The van der Waals surface area contributed by atoms with Gasteiger partial charge in [-0.25, -0.2) is 22.4 Å². The predicted octanol–water partition coefficient (Wildman–Crippen LogP) is 2.84. The highest BCUT2D eigenvalue weighted by molar-refractivity contribution is 7.91. The summed E-state index contributed by atoms with van der Waals surface area (Å²) >= 11 is 0. The zero-order valence-corrected chi connectivity index (χ0v) is 30.6. The van der Waals surface area contributed by atoms with E-state index in [1.807, 2.05) is 12.2 Å². The zero-order valence-electron chi connectivity index (χ0n) is 29.8. The normalized spacial score (nSPS) is 30.8. The van der Waals surface area contributed by atoms with Crippen molar-refractivity contribution in [2.45, 2.75) is 121 Å². The van der Waals surface area contributed by atoms with E-state index in [2.05, 4.69) is 16.0 Å². The number of ether oxygens (including phenoxy) is 2. The van der Waals surface area contributed by atoms with E-state index in [1.165, 1.54) is 15.9 Å². The van der Waals surface area contributed by atoms with Gasteiger partial charge in [0.05, 0.1) is 24.6 Å². The summed E-state index contributed by atoms with van der Waals surface area (Å²) in [6, 6.07) is 1.82. The standard InChI is InChI=1S/C36H48FN5O9S/c1-35(2,3)51-33(46)39-28-13-8-6-4-5-7-11-23-17-36(23,32(45)38-24-14-15-52(48,49)21-24)40-30(43)29-16-25(19-42(29)31(28)44)50-34(47)41-18-22-10-9-12-27(37)26(22)20-41/h7,9-12,23-25,28-29H,4-6,8,13-21H2,1-3H3,(H,38,45)(H,39,46)(H,40,43)/b11-7-/t23-,24-,25+,28-,29-,36+/m0/s1. The fraction of sp³-hybridized carbons (Fsp3) is 0.639. The lowest BCUT2D eigenvalue weighted by Gasteiger charge is -2.30. The molecule has 3 N–H and O–H groups in total. The number of hydrogen-bond donors (Lipinski definition) is 3. The van der Waals surface area contributed by atoms with Crippen LogP contribution < -0.4 is 16.0 Å². The third-order valence-electron chi connectivity index (χ3n) is 10.4. The summed E-state index contributed by atoms with van der Waals surface area (Å²) in [6.07, 6.45) is 5.00. The highest BCUT2D eigenvalue weighted by Crippen LogP contribution is 2.46. The van der Waals surface area contributed by atoms with Gasteiger partial charge in [-0.05, 0) is 64.5 Å². The van der Waals surface area contributed by atoms with Crippen molar-refractivity contribution in [2.75, 3.05) is 18.1 Å². The van der Waals surface area contributed by atoms with E-state index in [4.69, 9.17) is 9.47 Å². The number of amides is 5. The Morgan fingerprint density at radius 1 is 1.06 bits per heavy atom. The van der Waals surface area contributed by atoms with E-state index in [1.54, 1.807) is 32.9 Å². The van der Waals surface area contributed by atoms with Crippen molar-refractivity contribution in [3.63, 3.8) is 0 Å². The van der Waals surface area contributed by atoms with Crippen molar-refractivity contribution in [1.29, 1.82) is 0 Å². The Balaban J connectivity index is 1.24. The largest absolute Gasteiger partial charge is 0.444 e. The fourth-order valence-electron chi connectivity index (χ4n) is 7.57. The van der Waals surface area contributed by atoms with E-state index >= 15 is 0 Å². The second kappa shape index (κ2) is 14.7. The SMILES string of the molecule is CC(C)(C)OC(=O)N[C@H]1CCCCC/C=C\[C@H]2C[C@@]2(C(=O)N[C@H]2CCS(=O)(=O)C2)NC(=O)[C@@H]2C[C@@H](OC(=O)N3Cc4cccc(F)c4C3)CN2C1=O. The molecule has 0 unspecified atom stereocenters. The van der Waals surface area contributed by atoms with Gasteiger partial charge >= 0.3 is 12.2 Å². The van der Waals surface area contributed by atoms with Gasteiger partial charge in [0.2, 0.25) is 17.7 Å². The predicted molar refractivity (Wildman–Crippen MR) is 186 cm³/mol. The molecule has 0 radical (unpaired) electrons. The molecule has 52 heavy (non-hydrogen) atoms. The molecule has 284 valence electrons. The molecule has 2 saturated heterocycles. The summed E-state index contributed by atoms with van der Waals surface area (Å²) in [7, 11) is -3.28. The summed E-state index contributed by atoms with van der Waals surface area (Å²) in [5.74, 6) is -2.68. The maximum Gasteiger partial charge on any atom is 0.410 e. The average Bonchev–Trinajstić information content (AvgIpc) is 3.36. The number of sulfone groups is 1. The van der Waals surface area contributed by atoms with E-state index in [0.29, 0.717) is 24.0 Å². The van der Waals surface area contributed by atoms with Crippen LogP contribution in [0, 0.1) is 11.7 Å². The highest BCUT2D eigenvalue weighted by Gasteiger charge is 2.61. The molecule has 0 bridgehead atoms. The van der Waals surface area contributed by atoms with Gasteiger partial charge in [0.1, 0.15) is 35.1 Å². The van der Waals surface area contributed by atoms with Gasteiger partial charge in [-0.3, -0.25) is 19.3 Å². The molecule has 4 aliphatic heterocycles. The first-order valence-corrected chi connectivity index (χ1v) is 19.9. The number of nitrogens with zero attached hydrogens (tertiary/aromatic N) is 2. The molecule has 5 aliphatic rings. The topological polar surface area (TPSA) is 181 Å². The van der Waals surface area contributed by atoms with Gasteiger partial charge < -0.3 is 30.3 Å². The monoisotopic (exact) mass is 745 g/mol. The van der Waals surface area contributed by atoms with E-state index < -0.39 is 80.9 Å². The Morgan fingerprint density at radius 2 is 1.85 bits per heavy atom. The Kier molecular flexibility index (Phi) is 10.6. The Morgan fingerprint density at radius 3 is 2.56 bits per heavy atom. The summed E-state index contributed by atoms with van der Waals surface area (Å²) < 4.78 is 49.9. The van der Waals surface area contributed by atoms with Crippen LogP contribution in [0.5, 0.6) is 0 Å². The molecule has 0 aromatic heterocycles. The van der Waals surface area contributed by atoms with Crippen LogP contribution in [-0.2, 0) is 46.8 Å². The Hall–Kier alpha value is -4.21. The Bertz CT molecular complexity index is 1750. The van der Waals surface area contributed by atoms with Crippen LogP contribution in [0.1, 0.15) is 83.3 Å². The van der Waals surface area contributed by atoms with E-state index in [0.717, 1.165) is 12.8 Å². The van der Waals surface area contributed by atoms with Crippen molar-refractivity contribution in [1.82, 2.24) is 25.8 Å². The molecule has 1 aliphatic carbocycles. The van der Waals surface area contributed by atoms with Crippen LogP contribution in [0.3, 0.4) is 0 Å². The van der Waals surface area contributed by atoms with E-state index in [-0.39, 0.29) is 62.7 Å². The molecule has 0 spiro atoms. The molecule has 6 rings (SSSR count). The minimum atomic E-state index is -3.28. The number of halogens is 1. The maximum atomic E-state index is 14.4. The van der Waals surface area contributed by atoms with Crippen molar-refractivity contribution in [3.05, 3.63) is 47.3 Å². The quantitative estimate of drug-likeness (QED) is 0.391. The molecule has 6 atom stereocenters. The number of carbonyl (C=O) groups excluding carboxylic acids is 5. The van der Waals surface area contributed by atoms with Gasteiger partial charge in [0.15, 0.2) is 9.84 Å². The van der Waals surface area contributed by atoms with E-state index in [9.17, 15) is 36.8 Å². The number of nitrogens with one attached hydrogen (secondary N) is 3. The molecule has 1 aromatic carbocycles. The minimum Gasteiger partial charge on any atom is -0.444 e. The first-order chi connectivity index (χ1) is 24.5. The number of benzene rings is 1. The van der Waals surface area contributed by atoms with Gasteiger partial charge in [-0.15, -0.1) is 0 Å². The van der Waals surface area contributed by atoms with Crippen molar-refractivity contribution in [2.24, 2.45) is 5.92 Å². The molecule has 1 saturated carbocycles. The zero-order chi connectivity index (χ0) is 37.4. The summed E-state index contributed by atoms with van der Waals surface area (Å²) in [6.45, 7) is 5.10. The van der Waals surface area contributed by atoms with Gasteiger partial charge in [-0.2, -0.15) is 0 Å². The number of carbonyl (C=O) groups is 5. The van der Waals surface area contributed by atoms with Crippen LogP contribution in [0.15, 0.2) is 30.4 Å². The lowest BCUT2D eigenvalue weighted by Crippen LogP contribution is -2.58. The summed E-state index contributed by atoms with van der Waals surface area (Å²) in [4.78, 5) is 71.2. The minimum absolute atomic E-state index is 0.0107. The first-order valence-electron chi connectivity index (χ1n) is 18.1. The third kappa shape index (κ3) is 8.53. The summed E-state index contributed by atoms with van der Waals surface area (Å²) in [5, 5.41) is 8.43. The third-order valence-corrected chi connectivity index (χ3v) is 12.1. The number of rotatable bonds is 4. The van der Waals surface area contributed by atoms with Crippen LogP contribution in [0.25, 0.3) is 0 Å². The van der Waals surface area contributed by atoms with Crippen molar-refractivity contribution >= 4 is 39.7 Å². The molecular formula is C36H48FN5O9S. The first kappa shape index (κ1) is 37.5. The number of hydrogen-bond acceptors (Lipinski definition) is 9. The van der Waals surface area contributed by atoms with Crippen LogP contribution >= 0.6 is 0 Å². The molecular weight excluding hydrogens is 697 g/mol. The van der Waals surface area contributed by atoms with Gasteiger partial charge in [-0.1, -0.05) is 37.1 Å². The van der Waals surface area contributed by atoms with Crippen molar-refractivity contribution in [3.8, 4) is 0 Å². The highest BCUT2D eigenvalue weighted by atomic mass is 32.2. The summed E-state index contributed by atoms with van der Waals surface area (Å²) in [5.41, 5.74) is -1.13. The van der Waals surface area contributed by atoms with Gasteiger partial charge in [0, 0.05) is 30.5 Å². The average molecular weight is 746 g/mol. The second-order valence-electron chi connectivity index (χ2n) is 15.6. The van der Waals surface area contributed by atoms with Crippen LogP contribution in [-0.4, -0.2) is 102 Å². The molecule has 14 nitrogen and oxygen atoms in total. The smallest absolute Gasteiger partial charge is 0.410 e. The molecule has 1 aromatic rings.